The van der Waals surface area contributed by atoms with Crippen molar-refractivity contribution in [1.82, 2.24) is 5.32 Å². The van der Waals surface area contributed by atoms with E-state index in [2.05, 4.69) is 33.2 Å². The third kappa shape index (κ3) is 3.99. The van der Waals surface area contributed by atoms with Gasteiger partial charge < -0.3 is 5.32 Å². The summed E-state index contributed by atoms with van der Waals surface area (Å²) in [5.41, 5.74) is 1.98. The van der Waals surface area contributed by atoms with E-state index in [0.29, 0.717) is 9.99 Å². The van der Waals surface area contributed by atoms with Crippen LogP contribution in [0.2, 0.25) is 0 Å². The molecule has 0 unspecified atom stereocenters. The van der Waals surface area contributed by atoms with E-state index in [1.165, 1.54) is 11.3 Å². The van der Waals surface area contributed by atoms with Gasteiger partial charge in [0.1, 0.15) is 0 Å². The van der Waals surface area contributed by atoms with Crippen LogP contribution in [0.5, 0.6) is 0 Å². The van der Waals surface area contributed by atoms with Gasteiger partial charge in [-0.15, -0.1) is 11.3 Å². The zero-order chi connectivity index (χ0) is 13.8. The van der Waals surface area contributed by atoms with E-state index in [0.717, 1.165) is 14.8 Å². The van der Waals surface area contributed by atoms with Crippen molar-refractivity contribution >= 4 is 62.9 Å². The van der Waals surface area contributed by atoms with Crippen molar-refractivity contribution in [3.8, 4) is 0 Å². The van der Waals surface area contributed by atoms with Crippen LogP contribution in [0.3, 0.4) is 0 Å². The maximum Gasteiger partial charge on any atom is 0.267 e. The predicted molar refractivity (Wildman–Crippen MR) is 91.9 cm³/mol. The summed E-state index contributed by atoms with van der Waals surface area (Å²) in [5, 5.41) is 7.86. The molecule has 0 aliphatic heterocycles. The van der Waals surface area contributed by atoms with Crippen molar-refractivity contribution in [2.75, 3.05) is 5.32 Å². The smallest absolute Gasteiger partial charge is 0.267 e. The number of nitrogens with one attached hydrogen (secondary N) is 2. The molecule has 2 aromatic rings. The minimum Gasteiger partial charge on any atom is -0.332 e. The number of carbonyl (C=O) groups is 1. The Bertz CT molecular complexity index is 611. The molecule has 1 aromatic heterocycles. The molecule has 1 amide bonds. The monoisotopic (exact) mass is 402 g/mol. The molecule has 3 nitrogen and oxygen atoms in total. The van der Waals surface area contributed by atoms with Gasteiger partial charge in [0, 0.05) is 9.26 Å². The van der Waals surface area contributed by atoms with Gasteiger partial charge in [0.25, 0.3) is 5.91 Å². The first-order chi connectivity index (χ1) is 9.06. The van der Waals surface area contributed by atoms with Crippen molar-refractivity contribution in [3.05, 3.63) is 49.7 Å². The molecule has 6 heteroatoms. The van der Waals surface area contributed by atoms with E-state index in [9.17, 15) is 4.79 Å². The average molecular weight is 402 g/mol. The third-order valence-electron chi connectivity index (χ3n) is 2.41. The summed E-state index contributed by atoms with van der Waals surface area (Å²) in [4.78, 5) is 12.5. The van der Waals surface area contributed by atoms with Crippen molar-refractivity contribution in [2.24, 2.45) is 0 Å². The number of hydrogen-bond donors (Lipinski definition) is 2. The van der Waals surface area contributed by atoms with Crippen molar-refractivity contribution in [2.45, 2.75) is 6.92 Å². The first-order valence-corrected chi connectivity index (χ1v) is 7.85. The van der Waals surface area contributed by atoms with Crippen molar-refractivity contribution in [1.29, 1.82) is 0 Å². The molecule has 0 bridgehead atoms. The lowest BCUT2D eigenvalue weighted by molar-refractivity contribution is 0.0981. The van der Waals surface area contributed by atoms with E-state index >= 15 is 0 Å². The molecule has 2 rings (SSSR count). The van der Waals surface area contributed by atoms with Crippen LogP contribution in [0.25, 0.3) is 0 Å². The molecule has 1 heterocycles. The predicted octanol–water partition coefficient (Wildman–Crippen LogP) is 3.79. The molecule has 0 saturated heterocycles. The summed E-state index contributed by atoms with van der Waals surface area (Å²) in [6, 6.07) is 9.57. The Labute approximate surface area is 134 Å². The van der Waals surface area contributed by atoms with Gasteiger partial charge in [-0.05, 0) is 76.9 Å². The summed E-state index contributed by atoms with van der Waals surface area (Å²) in [5.74, 6) is -0.185. The van der Waals surface area contributed by atoms with Gasteiger partial charge in [-0.25, -0.2) is 0 Å². The lowest BCUT2D eigenvalue weighted by Gasteiger charge is -2.11. The Balaban J connectivity index is 2.00. The van der Waals surface area contributed by atoms with Crippen LogP contribution in [-0.2, 0) is 0 Å². The molecule has 2 N–H and O–H groups in total. The molecule has 0 atom stereocenters. The van der Waals surface area contributed by atoms with Crippen LogP contribution in [-0.4, -0.2) is 11.0 Å². The van der Waals surface area contributed by atoms with Gasteiger partial charge >= 0.3 is 0 Å². The highest BCUT2D eigenvalue weighted by molar-refractivity contribution is 14.1. The molecule has 0 saturated carbocycles. The number of halogens is 1. The highest BCUT2D eigenvalue weighted by Gasteiger charge is 2.09. The SMILES string of the molecule is Cc1cc(I)ccc1NC(=S)NC(=O)c1cccs1. The van der Waals surface area contributed by atoms with E-state index < -0.39 is 0 Å². The molecule has 0 fully saturated rings. The van der Waals surface area contributed by atoms with E-state index in [4.69, 9.17) is 12.2 Å². The molecule has 0 aliphatic carbocycles. The van der Waals surface area contributed by atoms with E-state index in [1.807, 2.05) is 36.6 Å². The van der Waals surface area contributed by atoms with Crippen molar-refractivity contribution < 1.29 is 4.79 Å². The van der Waals surface area contributed by atoms with Gasteiger partial charge in [0.15, 0.2) is 5.11 Å². The van der Waals surface area contributed by atoms with E-state index in [-0.39, 0.29) is 5.91 Å². The maximum atomic E-state index is 11.8. The highest BCUT2D eigenvalue weighted by Crippen LogP contribution is 2.17. The number of thiocarbonyl (C=S) groups is 1. The summed E-state index contributed by atoms with van der Waals surface area (Å²) in [6.45, 7) is 1.99. The number of aryl methyl sites for hydroxylation is 1. The maximum absolute atomic E-state index is 11.8. The van der Waals surface area contributed by atoms with Gasteiger partial charge in [-0.1, -0.05) is 6.07 Å². The summed E-state index contributed by atoms with van der Waals surface area (Å²) < 4.78 is 1.16. The topological polar surface area (TPSA) is 41.1 Å². The first kappa shape index (κ1) is 14.4. The average Bonchev–Trinajstić information content (AvgIpc) is 2.86. The Morgan fingerprint density at radius 2 is 2.16 bits per heavy atom. The second-order valence-corrected chi connectivity index (χ2v) is 6.45. The second kappa shape index (κ2) is 6.44. The fourth-order valence-corrected chi connectivity index (χ4v) is 2.96. The van der Waals surface area contributed by atoms with Crippen molar-refractivity contribution in [3.63, 3.8) is 0 Å². The van der Waals surface area contributed by atoms with E-state index in [1.54, 1.807) is 6.07 Å². The van der Waals surface area contributed by atoms with Gasteiger partial charge in [0.05, 0.1) is 4.88 Å². The number of thiophene rings is 1. The fourth-order valence-electron chi connectivity index (χ4n) is 1.49. The molecule has 19 heavy (non-hydrogen) atoms. The lowest BCUT2D eigenvalue weighted by atomic mass is 10.2. The normalized spacial score (nSPS) is 10.0. The third-order valence-corrected chi connectivity index (χ3v) is 4.15. The van der Waals surface area contributed by atoms with Crippen LogP contribution < -0.4 is 10.6 Å². The summed E-state index contributed by atoms with van der Waals surface area (Å²) >= 11 is 8.78. The van der Waals surface area contributed by atoms with Gasteiger partial charge in [-0.3, -0.25) is 10.1 Å². The minimum absolute atomic E-state index is 0.185. The highest BCUT2D eigenvalue weighted by atomic mass is 127. The Hall–Kier alpha value is -0.990. The van der Waals surface area contributed by atoms with Crippen LogP contribution in [0, 0.1) is 10.5 Å². The fraction of sp³-hybridized carbons (Fsp3) is 0.0769. The largest absolute Gasteiger partial charge is 0.332 e. The zero-order valence-electron chi connectivity index (χ0n) is 10.1. The zero-order valence-corrected chi connectivity index (χ0v) is 13.9. The minimum atomic E-state index is -0.185. The first-order valence-electron chi connectivity index (χ1n) is 5.48. The molecular weight excluding hydrogens is 391 g/mol. The standard InChI is InChI=1S/C13H11IN2OS2/c1-8-7-9(14)4-5-10(8)15-13(18)16-12(17)11-3-2-6-19-11/h2-7H,1H3,(H2,15,16,17,18). The Kier molecular flexibility index (Phi) is 4.89. The molecule has 0 aliphatic rings. The number of hydrogen-bond acceptors (Lipinski definition) is 3. The number of amides is 1. The second-order valence-electron chi connectivity index (χ2n) is 3.84. The van der Waals surface area contributed by atoms with Gasteiger partial charge in [-0.2, -0.15) is 0 Å². The quantitative estimate of drug-likeness (QED) is 0.594. The van der Waals surface area contributed by atoms with Crippen LogP contribution >= 0.6 is 46.1 Å². The molecule has 98 valence electrons. The molecular formula is C13H11IN2OS2. The number of anilines is 1. The Morgan fingerprint density at radius 3 is 2.79 bits per heavy atom. The van der Waals surface area contributed by atoms with Crippen LogP contribution in [0.15, 0.2) is 35.7 Å². The number of rotatable bonds is 2. The van der Waals surface area contributed by atoms with Gasteiger partial charge in [0.2, 0.25) is 0 Å². The Morgan fingerprint density at radius 1 is 1.37 bits per heavy atom. The molecule has 1 aromatic carbocycles. The number of carbonyl (C=O) groups excluding carboxylic acids is 1. The summed E-state index contributed by atoms with van der Waals surface area (Å²) in [6.07, 6.45) is 0. The molecule has 0 radical (unpaired) electrons. The lowest BCUT2D eigenvalue weighted by Crippen LogP contribution is -2.33. The van der Waals surface area contributed by atoms with Crippen LogP contribution in [0.4, 0.5) is 5.69 Å². The molecule has 0 spiro atoms. The van der Waals surface area contributed by atoms with Crippen LogP contribution in [0.1, 0.15) is 15.2 Å². The summed E-state index contributed by atoms with van der Waals surface area (Å²) in [7, 11) is 0. The number of benzene rings is 1.